The van der Waals surface area contributed by atoms with Crippen LogP contribution < -0.4 is 24.2 Å². The van der Waals surface area contributed by atoms with Gasteiger partial charge in [0.15, 0.2) is 18.2 Å². The van der Waals surface area contributed by atoms with Gasteiger partial charge < -0.3 is 19.1 Å². The molecule has 2 aromatic carbocycles. The van der Waals surface area contributed by atoms with Gasteiger partial charge in [0.05, 0.1) is 30.9 Å². The highest BCUT2D eigenvalue weighted by molar-refractivity contribution is 8.14. The third-order valence-corrected chi connectivity index (χ3v) is 5.87. The first-order chi connectivity index (χ1) is 16.4. The summed E-state index contributed by atoms with van der Waals surface area (Å²) in [7, 11) is 4.52. The molecule has 0 N–H and O–H groups in total. The largest absolute Gasteiger partial charge is 0.539 e. The average molecular weight is 481 g/mol. The maximum atomic E-state index is 13.4. The SMILES string of the molecule is COc1ccc(OC)c(/C=C2/N=C(SCC(=O)c3c([O-])on[n+]3C)N(c3ccccc3)C2=O)c1. The lowest BCUT2D eigenvalue weighted by molar-refractivity contribution is -0.741. The molecule has 11 heteroatoms. The van der Waals surface area contributed by atoms with Crippen LogP contribution in [-0.4, -0.2) is 42.1 Å². The van der Waals surface area contributed by atoms with Crippen LogP contribution in [0.2, 0.25) is 0 Å². The summed E-state index contributed by atoms with van der Waals surface area (Å²) in [6.07, 6.45) is 1.60. The highest BCUT2D eigenvalue weighted by Crippen LogP contribution is 2.32. The summed E-state index contributed by atoms with van der Waals surface area (Å²) in [5.41, 5.74) is 1.18. The lowest BCUT2D eigenvalue weighted by Crippen LogP contribution is -2.38. The van der Waals surface area contributed by atoms with Crippen molar-refractivity contribution in [2.45, 2.75) is 0 Å². The Morgan fingerprint density at radius 2 is 1.97 bits per heavy atom. The van der Waals surface area contributed by atoms with Gasteiger partial charge in [-0.15, -0.1) is 0 Å². The maximum Gasteiger partial charge on any atom is 0.300 e. The first-order valence-electron chi connectivity index (χ1n) is 10.0. The number of hydrogen-bond donors (Lipinski definition) is 0. The Labute approximate surface area is 199 Å². The summed E-state index contributed by atoms with van der Waals surface area (Å²) in [4.78, 5) is 31.9. The number of carbonyl (C=O) groups excluding carboxylic acids is 2. The molecule has 1 aromatic heterocycles. The van der Waals surface area contributed by atoms with E-state index < -0.39 is 11.7 Å². The first-order valence-corrected chi connectivity index (χ1v) is 11.0. The van der Waals surface area contributed by atoms with Crippen LogP contribution in [0.15, 0.2) is 63.7 Å². The molecule has 0 saturated heterocycles. The summed E-state index contributed by atoms with van der Waals surface area (Å²) >= 11 is 1.03. The van der Waals surface area contributed by atoms with E-state index in [1.54, 1.807) is 55.7 Å². The Morgan fingerprint density at radius 3 is 2.62 bits per heavy atom. The molecule has 0 spiro atoms. The number of carbonyl (C=O) groups is 2. The van der Waals surface area contributed by atoms with Crippen LogP contribution in [0.3, 0.4) is 0 Å². The van der Waals surface area contributed by atoms with Gasteiger partial charge >= 0.3 is 0 Å². The van der Waals surface area contributed by atoms with Crippen molar-refractivity contribution in [1.82, 2.24) is 5.27 Å². The smallest absolute Gasteiger partial charge is 0.300 e. The van der Waals surface area contributed by atoms with Crippen LogP contribution in [0.25, 0.3) is 6.08 Å². The average Bonchev–Trinajstić information content (AvgIpc) is 3.35. The summed E-state index contributed by atoms with van der Waals surface area (Å²) in [5, 5.41) is 15.5. The number of rotatable bonds is 7. The Hall–Kier alpha value is -4.12. The van der Waals surface area contributed by atoms with Gasteiger partial charge in [-0.1, -0.05) is 34.6 Å². The van der Waals surface area contributed by atoms with Gasteiger partial charge in [0.25, 0.3) is 11.6 Å². The van der Waals surface area contributed by atoms with Crippen molar-refractivity contribution in [3.05, 3.63) is 65.5 Å². The number of aryl methyl sites for hydroxylation is 1. The molecule has 0 aliphatic carbocycles. The molecule has 34 heavy (non-hydrogen) atoms. The zero-order valence-electron chi connectivity index (χ0n) is 18.5. The maximum absolute atomic E-state index is 13.4. The summed E-state index contributed by atoms with van der Waals surface area (Å²) in [5.74, 6) is -0.683. The summed E-state index contributed by atoms with van der Waals surface area (Å²) in [6, 6.07) is 14.2. The van der Waals surface area contributed by atoms with Crippen molar-refractivity contribution in [3.63, 3.8) is 0 Å². The molecule has 1 aliphatic rings. The molecule has 0 saturated carbocycles. The third kappa shape index (κ3) is 4.50. The van der Waals surface area contributed by atoms with Crippen LogP contribution in [0.4, 0.5) is 5.69 Å². The van der Waals surface area contributed by atoms with Gasteiger partial charge in [-0.25, -0.2) is 4.99 Å². The minimum Gasteiger partial charge on any atom is -0.539 e. The van der Waals surface area contributed by atoms with Crippen molar-refractivity contribution in [1.29, 1.82) is 0 Å². The number of aromatic nitrogens is 2. The molecule has 1 amide bonds. The van der Waals surface area contributed by atoms with Crippen molar-refractivity contribution in [2.75, 3.05) is 24.9 Å². The number of nitrogens with zero attached hydrogens (tertiary/aromatic N) is 4. The molecule has 0 radical (unpaired) electrons. The van der Waals surface area contributed by atoms with Crippen molar-refractivity contribution in [3.8, 4) is 17.4 Å². The van der Waals surface area contributed by atoms with Gasteiger partial charge in [-0.05, 0) is 36.4 Å². The second-order valence-electron chi connectivity index (χ2n) is 7.05. The van der Waals surface area contributed by atoms with Crippen molar-refractivity contribution in [2.24, 2.45) is 12.0 Å². The van der Waals surface area contributed by atoms with E-state index in [1.165, 1.54) is 19.1 Å². The van der Waals surface area contributed by atoms with Crippen LogP contribution >= 0.6 is 11.8 Å². The standard InChI is InChI=1S/C23H20N4O6S/c1-26-20(22(30)33-25-26)18(28)13-34-23-24-17(21(29)27(23)15-7-5-4-6-8-15)12-14-11-16(31-2)9-10-19(14)32-3/h4-12H,13H2,1-3H3/b17-12+. The number of thioether (sulfide) groups is 1. The van der Waals surface area contributed by atoms with Gasteiger partial charge in [0.1, 0.15) is 17.2 Å². The third-order valence-electron chi connectivity index (χ3n) is 4.93. The first kappa shape index (κ1) is 23.1. The van der Waals surface area contributed by atoms with E-state index in [0.29, 0.717) is 27.9 Å². The lowest BCUT2D eigenvalue weighted by atomic mass is 10.1. The number of Topliss-reactive ketones (excluding diaryl/α,β-unsaturated/α-hetero) is 1. The molecule has 0 atom stereocenters. The molecule has 3 aromatic rings. The van der Waals surface area contributed by atoms with Gasteiger partial charge in [0, 0.05) is 5.56 Å². The minimum atomic E-state index is -0.817. The highest BCUT2D eigenvalue weighted by atomic mass is 32.2. The Balaban J connectivity index is 1.69. The molecule has 10 nitrogen and oxygen atoms in total. The number of hydrogen-bond acceptors (Lipinski definition) is 9. The summed E-state index contributed by atoms with van der Waals surface area (Å²) in [6.45, 7) is 0. The Kier molecular flexibility index (Phi) is 6.64. The topological polar surface area (TPSA) is 121 Å². The van der Waals surface area contributed by atoms with Gasteiger partial charge in [0.2, 0.25) is 5.78 Å². The number of aliphatic imine (C=N–C) groups is 1. The van der Waals surface area contributed by atoms with Crippen LogP contribution in [0.1, 0.15) is 16.1 Å². The van der Waals surface area contributed by atoms with Gasteiger partial charge in [-0.2, -0.15) is 0 Å². The van der Waals surface area contributed by atoms with Crippen molar-refractivity contribution < 1.29 is 33.4 Å². The molecular formula is C23H20N4O6S. The van der Waals surface area contributed by atoms with E-state index >= 15 is 0 Å². The van der Waals surface area contributed by atoms with Crippen LogP contribution in [0.5, 0.6) is 17.4 Å². The lowest BCUT2D eigenvalue weighted by Gasteiger charge is -2.17. The number of ketones is 1. The fourth-order valence-corrected chi connectivity index (χ4v) is 4.18. The molecule has 0 bridgehead atoms. The van der Waals surface area contributed by atoms with E-state index in [-0.39, 0.29) is 23.1 Å². The predicted molar refractivity (Wildman–Crippen MR) is 123 cm³/mol. The number of para-hydroxylation sites is 1. The van der Waals surface area contributed by atoms with E-state index in [1.807, 2.05) is 6.07 Å². The Morgan fingerprint density at radius 1 is 1.21 bits per heavy atom. The number of amides is 1. The molecule has 0 unspecified atom stereocenters. The molecule has 0 fully saturated rings. The summed E-state index contributed by atoms with van der Waals surface area (Å²) < 4.78 is 16.3. The molecule has 4 rings (SSSR count). The zero-order chi connectivity index (χ0) is 24.2. The second-order valence-corrected chi connectivity index (χ2v) is 7.99. The molecule has 2 heterocycles. The zero-order valence-corrected chi connectivity index (χ0v) is 19.4. The van der Waals surface area contributed by atoms with Gasteiger partial charge in [-0.3, -0.25) is 14.5 Å². The number of anilines is 1. The number of methoxy groups -OCH3 is 2. The highest BCUT2D eigenvalue weighted by Gasteiger charge is 2.33. The minimum absolute atomic E-state index is 0.143. The van der Waals surface area contributed by atoms with Crippen LogP contribution in [-0.2, 0) is 11.8 Å². The molecule has 174 valence electrons. The van der Waals surface area contributed by atoms with E-state index in [9.17, 15) is 14.7 Å². The van der Waals surface area contributed by atoms with E-state index in [0.717, 1.165) is 16.4 Å². The second kappa shape index (κ2) is 9.79. The quantitative estimate of drug-likeness (QED) is 0.286. The number of benzene rings is 2. The molecule has 1 aliphatic heterocycles. The fourth-order valence-electron chi connectivity index (χ4n) is 3.30. The van der Waals surface area contributed by atoms with E-state index in [2.05, 4.69) is 14.8 Å². The van der Waals surface area contributed by atoms with Crippen molar-refractivity contribution >= 4 is 40.4 Å². The van der Waals surface area contributed by atoms with Crippen LogP contribution in [0, 0.1) is 0 Å². The molecular weight excluding hydrogens is 460 g/mol. The monoisotopic (exact) mass is 480 g/mol. The normalized spacial score (nSPS) is 14.4. The number of amidine groups is 1. The van der Waals surface area contributed by atoms with E-state index in [4.69, 9.17) is 9.47 Å². The Bertz CT molecular complexity index is 1280. The fraction of sp³-hybridized carbons (Fsp3) is 0.174. The predicted octanol–water partition coefficient (Wildman–Crippen LogP) is 1.95. The number of ether oxygens (including phenoxy) is 2.